The van der Waals surface area contributed by atoms with Crippen molar-refractivity contribution in [1.29, 1.82) is 0 Å². The fourth-order valence-electron chi connectivity index (χ4n) is 7.94. The van der Waals surface area contributed by atoms with Gasteiger partial charge in [-0.25, -0.2) is 13.8 Å². The number of likely N-dealkylation sites (tertiary alicyclic amines) is 1. The first-order valence-electron chi connectivity index (χ1n) is 19.4. The van der Waals surface area contributed by atoms with Gasteiger partial charge in [0.05, 0.1) is 18.3 Å². The molecule has 1 amide bonds. The molecule has 0 spiro atoms. The Balaban J connectivity index is 1.23. The zero-order valence-electron chi connectivity index (χ0n) is 33.0. The molecule has 3 aromatic rings. The van der Waals surface area contributed by atoms with E-state index in [1.54, 1.807) is 0 Å². The number of ether oxygens (including phenoxy) is 4. The molecule has 14 heteroatoms. The third-order valence-electron chi connectivity index (χ3n) is 10.7. The van der Waals surface area contributed by atoms with E-state index < -0.39 is 18.8 Å². The summed E-state index contributed by atoms with van der Waals surface area (Å²) < 4.78 is 49.9. The molecule has 0 radical (unpaired) electrons. The molecule has 0 aliphatic carbocycles. The molecule has 2 aromatic heterocycles. The highest BCUT2D eigenvalue weighted by Gasteiger charge is 2.41. The van der Waals surface area contributed by atoms with E-state index in [0.29, 0.717) is 59.3 Å². The number of rotatable bonds is 16. The number of benzene rings is 1. The van der Waals surface area contributed by atoms with Crippen LogP contribution in [-0.2, 0) is 16.0 Å². The fraction of sp³-hybridized carbons (Fsp3) is 0.585. The molecule has 0 saturated carbocycles. The maximum Gasteiger partial charge on any atom is 0.261 e. The predicted molar refractivity (Wildman–Crippen MR) is 211 cm³/mol. The number of hydrogen-bond donors (Lipinski definition) is 2. The lowest BCUT2D eigenvalue weighted by molar-refractivity contribution is -0.104. The Morgan fingerprint density at radius 1 is 1.11 bits per heavy atom. The normalized spacial score (nSPS) is 21.9. The van der Waals surface area contributed by atoms with Crippen LogP contribution in [0.3, 0.4) is 0 Å². The summed E-state index contributed by atoms with van der Waals surface area (Å²) in [4.78, 5) is 39.9. The van der Waals surface area contributed by atoms with Crippen LogP contribution in [0.1, 0.15) is 87.0 Å². The van der Waals surface area contributed by atoms with Crippen LogP contribution in [0.4, 0.5) is 14.6 Å². The van der Waals surface area contributed by atoms with Gasteiger partial charge in [-0.15, -0.1) is 11.8 Å². The molecule has 1 unspecified atom stereocenters. The van der Waals surface area contributed by atoms with Crippen LogP contribution >= 0.6 is 11.8 Å². The van der Waals surface area contributed by atoms with Crippen molar-refractivity contribution in [3.8, 4) is 22.6 Å². The molecule has 5 heterocycles. The lowest BCUT2D eigenvalue weighted by Crippen LogP contribution is -2.56. The SMILES string of the molecule is CCC[C@H](CCCC1(C)Oc2c(-c3ccc(N4C[C@@H](C)O[C@@H](C)C4)nc3)cc(C(=O)NCc3c(SC)cc(C)[nH]c3=O)c(C)c2O1)N1CC(OCC(F)F)C1. The zero-order chi connectivity index (χ0) is 39.4. The minimum Gasteiger partial charge on any atom is -0.448 e. The van der Waals surface area contributed by atoms with Gasteiger partial charge in [0.2, 0.25) is 5.79 Å². The Morgan fingerprint density at radius 2 is 1.84 bits per heavy atom. The number of H-pyrrole nitrogens is 1. The lowest BCUT2D eigenvalue weighted by Gasteiger charge is -2.44. The molecular weight excluding hydrogens is 729 g/mol. The number of hydrogen-bond acceptors (Lipinski definition) is 10. The van der Waals surface area contributed by atoms with Gasteiger partial charge < -0.3 is 34.1 Å². The number of alkyl halides is 2. The van der Waals surface area contributed by atoms with Crippen LogP contribution in [-0.4, -0.2) is 96.4 Å². The second kappa shape index (κ2) is 17.6. The number of amides is 1. The van der Waals surface area contributed by atoms with Crippen molar-refractivity contribution in [2.24, 2.45) is 0 Å². The second-order valence-corrected chi connectivity index (χ2v) is 16.2. The maximum atomic E-state index is 14.0. The maximum absolute atomic E-state index is 14.0. The molecule has 300 valence electrons. The number of aromatic amines is 1. The number of aromatic nitrogens is 2. The van der Waals surface area contributed by atoms with E-state index in [9.17, 15) is 18.4 Å². The van der Waals surface area contributed by atoms with Crippen LogP contribution in [0.25, 0.3) is 11.1 Å². The molecule has 4 atom stereocenters. The van der Waals surface area contributed by atoms with E-state index in [2.05, 4.69) is 40.9 Å². The van der Waals surface area contributed by atoms with Gasteiger partial charge in [0.15, 0.2) is 11.5 Å². The van der Waals surface area contributed by atoms with E-state index in [-0.39, 0.29) is 36.3 Å². The molecule has 3 aliphatic rings. The number of anilines is 1. The van der Waals surface area contributed by atoms with E-state index in [4.69, 9.17) is 23.9 Å². The van der Waals surface area contributed by atoms with E-state index >= 15 is 0 Å². The Labute approximate surface area is 326 Å². The third kappa shape index (κ3) is 9.64. The van der Waals surface area contributed by atoms with Gasteiger partial charge in [-0.3, -0.25) is 14.5 Å². The van der Waals surface area contributed by atoms with Gasteiger partial charge in [-0.2, -0.15) is 0 Å². The number of fused-ring (bicyclic) bond motifs is 1. The van der Waals surface area contributed by atoms with Gasteiger partial charge in [-0.1, -0.05) is 13.3 Å². The minimum atomic E-state index is -2.46. The molecule has 3 aliphatic heterocycles. The number of carbonyl (C=O) groups excluding carboxylic acids is 1. The number of morpholine rings is 1. The van der Waals surface area contributed by atoms with Crippen LogP contribution in [0.15, 0.2) is 40.2 Å². The minimum absolute atomic E-state index is 0.0627. The number of carbonyl (C=O) groups is 1. The molecule has 2 fully saturated rings. The first kappa shape index (κ1) is 40.9. The van der Waals surface area contributed by atoms with Gasteiger partial charge in [0.25, 0.3) is 17.9 Å². The average Bonchev–Trinajstić information content (AvgIpc) is 3.47. The molecular formula is C41H55F2N5O6S. The first-order chi connectivity index (χ1) is 26.3. The topological polar surface area (TPSA) is 118 Å². The predicted octanol–water partition coefficient (Wildman–Crippen LogP) is 7.11. The summed E-state index contributed by atoms with van der Waals surface area (Å²) in [6.45, 7) is 14.2. The standard InChI is InChI=1S/C41H55F2N5O6S/c1-8-10-29(47-21-30(22-47)51-23-35(42)43)11-9-14-41(6)53-37-27(5)31(39(49)45-18-33-34(55-7)15-24(2)46-40(33)50)16-32(38(37)54-41)28-12-13-36(44-17-28)48-19-25(3)52-26(4)20-48/h12-13,15-17,25-26,29-30,35H,8-11,14,18-23H2,1-7H3,(H,45,49)(H,46,50)/t25-,26+,29-,41?/m1/s1. The molecule has 6 rings (SSSR count). The highest BCUT2D eigenvalue weighted by molar-refractivity contribution is 7.98. The molecule has 2 saturated heterocycles. The van der Waals surface area contributed by atoms with Crippen molar-refractivity contribution >= 4 is 23.5 Å². The van der Waals surface area contributed by atoms with Crippen molar-refractivity contribution in [2.45, 2.75) is 122 Å². The number of nitrogens with zero attached hydrogens (tertiary/aromatic N) is 3. The molecule has 0 bridgehead atoms. The highest BCUT2D eigenvalue weighted by atomic mass is 32.2. The Bertz CT molecular complexity index is 1860. The smallest absolute Gasteiger partial charge is 0.261 e. The van der Waals surface area contributed by atoms with Crippen molar-refractivity contribution < 1.29 is 32.5 Å². The largest absolute Gasteiger partial charge is 0.448 e. The number of halogens is 2. The highest BCUT2D eigenvalue weighted by Crippen LogP contribution is 2.50. The summed E-state index contributed by atoms with van der Waals surface area (Å²) in [7, 11) is 0. The van der Waals surface area contributed by atoms with Crippen molar-refractivity contribution in [1.82, 2.24) is 20.2 Å². The van der Waals surface area contributed by atoms with Crippen molar-refractivity contribution in [3.05, 3.63) is 63.2 Å². The monoisotopic (exact) mass is 783 g/mol. The summed E-state index contributed by atoms with van der Waals surface area (Å²) in [6, 6.07) is 8.03. The molecule has 11 nitrogen and oxygen atoms in total. The van der Waals surface area contributed by atoms with Crippen LogP contribution in [0.5, 0.6) is 11.5 Å². The van der Waals surface area contributed by atoms with Crippen LogP contribution < -0.4 is 25.2 Å². The Kier molecular flexibility index (Phi) is 13.1. The first-order valence-corrected chi connectivity index (χ1v) is 20.6. The third-order valence-corrected chi connectivity index (χ3v) is 11.5. The van der Waals surface area contributed by atoms with Gasteiger partial charge in [0.1, 0.15) is 12.4 Å². The summed E-state index contributed by atoms with van der Waals surface area (Å²) in [5.41, 5.74) is 3.56. The Morgan fingerprint density at radius 3 is 2.49 bits per heavy atom. The lowest BCUT2D eigenvalue weighted by atomic mass is 9.97. The summed E-state index contributed by atoms with van der Waals surface area (Å²) in [6.07, 6.45) is 5.60. The van der Waals surface area contributed by atoms with Gasteiger partial charge in [0, 0.05) is 96.7 Å². The average molecular weight is 784 g/mol. The molecule has 55 heavy (non-hydrogen) atoms. The quantitative estimate of drug-likeness (QED) is 0.146. The Hall–Kier alpha value is -3.72. The molecule has 2 N–H and O–H groups in total. The number of pyridine rings is 2. The second-order valence-electron chi connectivity index (χ2n) is 15.3. The van der Waals surface area contributed by atoms with Crippen molar-refractivity contribution in [2.75, 3.05) is 43.9 Å². The van der Waals surface area contributed by atoms with Crippen LogP contribution in [0.2, 0.25) is 0 Å². The fourth-order valence-corrected chi connectivity index (χ4v) is 8.65. The van der Waals surface area contributed by atoms with Crippen LogP contribution in [0, 0.1) is 13.8 Å². The van der Waals surface area contributed by atoms with E-state index in [1.807, 2.05) is 57.5 Å². The summed E-state index contributed by atoms with van der Waals surface area (Å²) in [5.74, 6) is 0.597. The van der Waals surface area contributed by atoms with E-state index in [1.165, 1.54) is 11.8 Å². The molecule has 1 aromatic carbocycles. The number of nitrogens with one attached hydrogen (secondary N) is 2. The van der Waals surface area contributed by atoms with E-state index in [0.717, 1.165) is 60.7 Å². The number of aryl methyl sites for hydroxylation is 1. The zero-order valence-corrected chi connectivity index (χ0v) is 33.8. The summed E-state index contributed by atoms with van der Waals surface area (Å²) in [5, 5.41) is 2.99. The van der Waals surface area contributed by atoms with Gasteiger partial charge >= 0.3 is 0 Å². The van der Waals surface area contributed by atoms with Crippen molar-refractivity contribution in [3.63, 3.8) is 0 Å². The summed E-state index contributed by atoms with van der Waals surface area (Å²) >= 11 is 1.46. The number of thioether (sulfide) groups is 1. The van der Waals surface area contributed by atoms with Gasteiger partial charge in [-0.05, 0) is 77.5 Å².